The predicted molar refractivity (Wildman–Crippen MR) is 83.6 cm³/mol. The number of carboxylic acids is 1. The Bertz CT molecular complexity index is 631. The van der Waals surface area contributed by atoms with Gasteiger partial charge in [0.25, 0.3) is 0 Å². The Morgan fingerprint density at radius 1 is 1.05 bits per heavy atom. The average molecular weight is 280 g/mol. The summed E-state index contributed by atoms with van der Waals surface area (Å²) in [4.78, 5) is 11.5. The van der Waals surface area contributed by atoms with Crippen molar-refractivity contribution in [3.05, 3.63) is 70.8 Å². The first kappa shape index (κ1) is 13.9. The fourth-order valence-electron chi connectivity index (χ4n) is 3.21. The minimum atomic E-state index is -0.734. The van der Waals surface area contributed by atoms with Gasteiger partial charge < -0.3 is 5.11 Å². The maximum Gasteiger partial charge on any atom is 0.310 e. The summed E-state index contributed by atoms with van der Waals surface area (Å²) in [6.45, 7) is 0. The zero-order chi connectivity index (χ0) is 14.7. The molecule has 0 aromatic heterocycles. The lowest BCUT2D eigenvalue weighted by Gasteiger charge is -2.13. The summed E-state index contributed by atoms with van der Waals surface area (Å²) >= 11 is 0. The van der Waals surface area contributed by atoms with Crippen LogP contribution in [0.2, 0.25) is 0 Å². The Hall–Kier alpha value is -2.09. The molecular formula is C19H20O2. The third kappa shape index (κ3) is 3.15. The third-order valence-corrected chi connectivity index (χ3v) is 4.38. The van der Waals surface area contributed by atoms with Gasteiger partial charge in [-0.3, -0.25) is 4.79 Å². The van der Waals surface area contributed by atoms with Crippen molar-refractivity contribution in [2.75, 3.05) is 0 Å². The van der Waals surface area contributed by atoms with E-state index in [4.69, 9.17) is 0 Å². The summed E-state index contributed by atoms with van der Waals surface area (Å²) in [5.41, 5.74) is 5.08. The highest BCUT2D eigenvalue weighted by Crippen LogP contribution is 2.26. The van der Waals surface area contributed by atoms with Gasteiger partial charge in [0.05, 0.1) is 5.92 Å². The van der Waals surface area contributed by atoms with Crippen molar-refractivity contribution in [1.29, 1.82) is 0 Å². The molecule has 1 aliphatic carbocycles. The van der Waals surface area contributed by atoms with Crippen LogP contribution in [0.3, 0.4) is 0 Å². The van der Waals surface area contributed by atoms with Crippen LogP contribution in [0, 0.1) is 0 Å². The fourth-order valence-corrected chi connectivity index (χ4v) is 3.21. The van der Waals surface area contributed by atoms with Crippen LogP contribution in [0.15, 0.2) is 48.5 Å². The molecule has 2 nitrogen and oxygen atoms in total. The first-order valence-electron chi connectivity index (χ1n) is 7.62. The molecule has 3 rings (SSSR count). The highest BCUT2D eigenvalue weighted by atomic mass is 16.4. The van der Waals surface area contributed by atoms with E-state index in [1.165, 1.54) is 36.0 Å². The Kier molecular flexibility index (Phi) is 4.05. The zero-order valence-corrected chi connectivity index (χ0v) is 12.1. The molecule has 2 aromatic rings. The number of carbonyl (C=O) groups is 1. The minimum absolute atomic E-state index is 0.417. The molecule has 2 heteroatoms. The molecule has 1 aliphatic rings. The van der Waals surface area contributed by atoms with Crippen molar-refractivity contribution >= 4 is 5.97 Å². The van der Waals surface area contributed by atoms with Crippen molar-refractivity contribution in [3.63, 3.8) is 0 Å². The van der Waals surface area contributed by atoms with Gasteiger partial charge in [-0.1, -0.05) is 48.5 Å². The number of benzene rings is 2. The average Bonchev–Trinajstić information content (AvgIpc) is 2.96. The maximum atomic E-state index is 11.5. The summed E-state index contributed by atoms with van der Waals surface area (Å²) in [6, 6.07) is 16.2. The monoisotopic (exact) mass is 280 g/mol. The lowest BCUT2D eigenvalue weighted by molar-refractivity contribution is -0.138. The van der Waals surface area contributed by atoms with E-state index in [0.29, 0.717) is 6.42 Å². The molecule has 0 amide bonds. The summed E-state index contributed by atoms with van der Waals surface area (Å²) in [5.74, 6) is -1.15. The number of fused-ring (bicyclic) bond motifs is 1. The topological polar surface area (TPSA) is 37.3 Å². The van der Waals surface area contributed by atoms with Crippen molar-refractivity contribution in [2.24, 2.45) is 0 Å². The summed E-state index contributed by atoms with van der Waals surface area (Å²) in [7, 11) is 0. The minimum Gasteiger partial charge on any atom is -0.481 e. The molecular weight excluding hydrogens is 260 g/mol. The van der Waals surface area contributed by atoms with E-state index in [1.54, 1.807) is 0 Å². The Balaban J connectivity index is 1.71. The van der Waals surface area contributed by atoms with Gasteiger partial charge in [-0.25, -0.2) is 0 Å². The van der Waals surface area contributed by atoms with Crippen LogP contribution in [-0.2, 0) is 24.1 Å². The second-order valence-electron chi connectivity index (χ2n) is 5.80. The molecule has 0 bridgehead atoms. The second-order valence-corrected chi connectivity index (χ2v) is 5.80. The lowest BCUT2D eigenvalue weighted by Crippen LogP contribution is -2.12. The molecule has 1 N–H and O–H groups in total. The standard InChI is InChI=1S/C19H20O2/c20-19(21)18(16-5-2-1-3-6-16)12-10-14-9-11-15-7-4-8-17(15)13-14/h1-3,5-6,9,11,13,18H,4,7-8,10,12H2,(H,20,21). The van der Waals surface area contributed by atoms with Crippen molar-refractivity contribution < 1.29 is 9.90 Å². The highest BCUT2D eigenvalue weighted by Gasteiger charge is 2.19. The lowest BCUT2D eigenvalue weighted by atomic mass is 9.92. The van der Waals surface area contributed by atoms with Gasteiger partial charge in [0, 0.05) is 0 Å². The fraction of sp³-hybridized carbons (Fsp3) is 0.316. The summed E-state index contributed by atoms with van der Waals surface area (Å²) in [6.07, 6.45) is 5.08. The zero-order valence-electron chi connectivity index (χ0n) is 12.1. The van der Waals surface area contributed by atoms with Gasteiger partial charge >= 0.3 is 5.97 Å². The Morgan fingerprint density at radius 3 is 2.57 bits per heavy atom. The van der Waals surface area contributed by atoms with Crippen LogP contribution in [0.1, 0.15) is 41.0 Å². The van der Waals surface area contributed by atoms with Gasteiger partial charge in [0.2, 0.25) is 0 Å². The number of aryl methyl sites for hydroxylation is 3. The molecule has 0 spiro atoms. The van der Waals surface area contributed by atoms with E-state index in [2.05, 4.69) is 18.2 Å². The van der Waals surface area contributed by atoms with Crippen LogP contribution in [0.4, 0.5) is 0 Å². The second kappa shape index (κ2) is 6.13. The molecule has 0 saturated carbocycles. The molecule has 108 valence electrons. The Morgan fingerprint density at radius 2 is 1.81 bits per heavy atom. The van der Waals surface area contributed by atoms with Gasteiger partial charge in [-0.05, 0) is 54.4 Å². The molecule has 1 unspecified atom stereocenters. The number of hydrogen-bond donors (Lipinski definition) is 1. The summed E-state index contributed by atoms with van der Waals surface area (Å²) < 4.78 is 0. The number of carboxylic acid groups (broad SMARTS) is 1. The van der Waals surface area contributed by atoms with Crippen LogP contribution in [-0.4, -0.2) is 11.1 Å². The van der Waals surface area contributed by atoms with E-state index < -0.39 is 11.9 Å². The molecule has 0 heterocycles. The molecule has 21 heavy (non-hydrogen) atoms. The van der Waals surface area contributed by atoms with Gasteiger partial charge in [0.1, 0.15) is 0 Å². The number of hydrogen-bond acceptors (Lipinski definition) is 1. The smallest absolute Gasteiger partial charge is 0.310 e. The van der Waals surface area contributed by atoms with Crippen LogP contribution in [0.5, 0.6) is 0 Å². The van der Waals surface area contributed by atoms with Gasteiger partial charge in [-0.15, -0.1) is 0 Å². The van der Waals surface area contributed by atoms with Gasteiger partial charge in [-0.2, -0.15) is 0 Å². The highest BCUT2D eigenvalue weighted by molar-refractivity contribution is 5.76. The molecule has 0 aliphatic heterocycles. The molecule has 0 radical (unpaired) electrons. The van der Waals surface area contributed by atoms with Crippen LogP contribution >= 0.6 is 0 Å². The first-order valence-corrected chi connectivity index (χ1v) is 7.62. The first-order chi connectivity index (χ1) is 10.2. The normalized spacial score (nSPS) is 14.7. The predicted octanol–water partition coefficient (Wildman–Crippen LogP) is 3.98. The molecule has 0 saturated heterocycles. The van der Waals surface area contributed by atoms with Crippen LogP contribution in [0.25, 0.3) is 0 Å². The SMILES string of the molecule is O=C(O)C(CCc1ccc2c(c1)CCC2)c1ccccc1. The van der Waals surface area contributed by atoms with Gasteiger partial charge in [0.15, 0.2) is 0 Å². The van der Waals surface area contributed by atoms with E-state index in [1.807, 2.05) is 30.3 Å². The van der Waals surface area contributed by atoms with E-state index >= 15 is 0 Å². The third-order valence-electron chi connectivity index (χ3n) is 4.38. The summed E-state index contributed by atoms with van der Waals surface area (Å²) in [5, 5.41) is 9.46. The van der Waals surface area contributed by atoms with E-state index in [-0.39, 0.29) is 0 Å². The largest absolute Gasteiger partial charge is 0.481 e. The maximum absolute atomic E-state index is 11.5. The van der Waals surface area contributed by atoms with E-state index in [9.17, 15) is 9.90 Å². The Labute approximate surface area is 125 Å². The van der Waals surface area contributed by atoms with E-state index in [0.717, 1.165) is 12.0 Å². The molecule has 0 fully saturated rings. The number of rotatable bonds is 5. The quantitative estimate of drug-likeness (QED) is 0.899. The van der Waals surface area contributed by atoms with Crippen molar-refractivity contribution in [1.82, 2.24) is 0 Å². The van der Waals surface area contributed by atoms with Crippen molar-refractivity contribution in [2.45, 2.75) is 38.0 Å². The molecule has 1 atom stereocenters. The number of aliphatic carboxylic acids is 1. The van der Waals surface area contributed by atoms with Crippen molar-refractivity contribution in [3.8, 4) is 0 Å². The van der Waals surface area contributed by atoms with Crippen LogP contribution < -0.4 is 0 Å². The molecule has 2 aromatic carbocycles.